The standard InChI is InChI=1S/C53H48N2O/c1-4-14-39(15-5-1)40-22-28-45(29-23-40)54(43-16-6-2-7-17-43)46-30-24-41(25-31-46)53(36-12-13-37-53)42-26-32-47(33-27-42)55(44-18-8-3-9-19-44)48-34-35-50-49-20-10-11-21-51(49)56-52(50)38-48/h2-3,6-11,16-35,38-39H,1,4-5,12-15,36-37H2. The third kappa shape index (κ3) is 6.35. The van der Waals surface area contributed by atoms with Gasteiger partial charge >= 0.3 is 0 Å². The summed E-state index contributed by atoms with van der Waals surface area (Å²) in [4.78, 5) is 4.75. The summed E-state index contributed by atoms with van der Waals surface area (Å²) in [6.45, 7) is 0. The first kappa shape index (κ1) is 34.4. The maximum atomic E-state index is 6.33. The van der Waals surface area contributed by atoms with Crippen molar-refractivity contribution in [3.05, 3.63) is 193 Å². The molecule has 0 amide bonds. The van der Waals surface area contributed by atoms with Crippen molar-refractivity contribution in [1.29, 1.82) is 0 Å². The van der Waals surface area contributed by atoms with Crippen LogP contribution in [-0.4, -0.2) is 0 Å². The summed E-state index contributed by atoms with van der Waals surface area (Å²) in [5.41, 5.74) is 13.0. The van der Waals surface area contributed by atoms with Crippen molar-refractivity contribution in [3.8, 4) is 0 Å². The van der Waals surface area contributed by atoms with Crippen LogP contribution in [-0.2, 0) is 5.41 Å². The average Bonchev–Trinajstić information content (AvgIpc) is 3.92. The zero-order chi connectivity index (χ0) is 37.3. The van der Waals surface area contributed by atoms with Gasteiger partial charge in [0.15, 0.2) is 0 Å². The molecule has 2 aliphatic rings. The highest BCUT2D eigenvalue weighted by Crippen LogP contribution is 2.48. The Labute approximate surface area is 330 Å². The number of fused-ring (bicyclic) bond motifs is 3. The summed E-state index contributed by atoms with van der Waals surface area (Å²) >= 11 is 0. The molecule has 2 saturated carbocycles. The van der Waals surface area contributed by atoms with Crippen LogP contribution in [0.15, 0.2) is 180 Å². The molecule has 8 aromatic rings. The predicted octanol–water partition coefficient (Wildman–Crippen LogP) is 15.4. The van der Waals surface area contributed by atoms with Gasteiger partial charge in [-0.1, -0.05) is 123 Å². The molecule has 2 fully saturated rings. The molecule has 2 aliphatic carbocycles. The zero-order valence-corrected chi connectivity index (χ0v) is 32.0. The van der Waals surface area contributed by atoms with E-state index in [2.05, 4.69) is 174 Å². The highest BCUT2D eigenvalue weighted by molar-refractivity contribution is 6.06. The Morgan fingerprint density at radius 2 is 0.857 bits per heavy atom. The van der Waals surface area contributed by atoms with Crippen LogP contribution in [0.1, 0.15) is 80.4 Å². The highest BCUT2D eigenvalue weighted by Gasteiger charge is 2.37. The van der Waals surface area contributed by atoms with Gasteiger partial charge in [0.2, 0.25) is 0 Å². The van der Waals surface area contributed by atoms with Gasteiger partial charge in [0.1, 0.15) is 11.2 Å². The van der Waals surface area contributed by atoms with E-state index in [0.29, 0.717) is 5.92 Å². The highest BCUT2D eigenvalue weighted by atomic mass is 16.3. The summed E-state index contributed by atoms with van der Waals surface area (Å²) in [5, 5.41) is 2.29. The van der Waals surface area contributed by atoms with Gasteiger partial charge in [-0.2, -0.15) is 0 Å². The first-order valence-electron chi connectivity index (χ1n) is 20.7. The molecule has 0 unspecified atom stereocenters. The Hall–Kier alpha value is -6.06. The van der Waals surface area contributed by atoms with Crippen LogP contribution in [0.4, 0.5) is 34.1 Å². The number of rotatable bonds is 9. The second-order valence-electron chi connectivity index (χ2n) is 15.9. The summed E-state index contributed by atoms with van der Waals surface area (Å²) in [7, 11) is 0. The van der Waals surface area contributed by atoms with Crippen LogP contribution in [0.5, 0.6) is 0 Å². The summed E-state index contributed by atoms with van der Waals surface area (Å²) in [6.07, 6.45) is 11.5. The van der Waals surface area contributed by atoms with Gasteiger partial charge in [0.05, 0.1) is 0 Å². The topological polar surface area (TPSA) is 19.6 Å². The van der Waals surface area contributed by atoms with Crippen LogP contribution in [0.25, 0.3) is 21.9 Å². The van der Waals surface area contributed by atoms with E-state index in [1.54, 1.807) is 0 Å². The fraction of sp³-hybridized carbons (Fsp3) is 0.208. The molecule has 7 aromatic carbocycles. The lowest BCUT2D eigenvalue weighted by Crippen LogP contribution is -2.24. The van der Waals surface area contributed by atoms with Crippen molar-refractivity contribution in [2.24, 2.45) is 0 Å². The SMILES string of the molecule is c1ccc(N(c2ccc(C3CCCCC3)cc2)c2ccc(C3(c4ccc(N(c5ccccc5)c5ccc6c(c5)oc5ccccc56)cc4)CCCC3)cc2)cc1. The molecule has 10 rings (SSSR count). The molecule has 3 nitrogen and oxygen atoms in total. The van der Waals surface area contributed by atoms with Crippen LogP contribution in [0, 0.1) is 0 Å². The summed E-state index contributed by atoms with van der Waals surface area (Å²) < 4.78 is 6.33. The number of hydrogen-bond acceptors (Lipinski definition) is 3. The number of anilines is 6. The van der Waals surface area contributed by atoms with E-state index in [4.69, 9.17) is 4.42 Å². The summed E-state index contributed by atoms with van der Waals surface area (Å²) in [5.74, 6) is 0.701. The lowest BCUT2D eigenvalue weighted by atomic mass is 9.73. The van der Waals surface area contributed by atoms with Crippen molar-refractivity contribution in [2.75, 3.05) is 9.80 Å². The number of para-hydroxylation sites is 3. The molecular weight excluding hydrogens is 681 g/mol. The predicted molar refractivity (Wildman–Crippen MR) is 235 cm³/mol. The molecule has 1 aromatic heterocycles. The maximum absolute atomic E-state index is 6.33. The Balaban J connectivity index is 0.975. The van der Waals surface area contributed by atoms with E-state index in [1.165, 1.54) is 78.7 Å². The molecule has 0 spiro atoms. The zero-order valence-electron chi connectivity index (χ0n) is 32.0. The molecule has 276 valence electrons. The van der Waals surface area contributed by atoms with Gasteiger partial charge in [-0.15, -0.1) is 0 Å². The van der Waals surface area contributed by atoms with E-state index >= 15 is 0 Å². The molecule has 0 aliphatic heterocycles. The Kier molecular flexibility index (Phi) is 9.15. The largest absolute Gasteiger partial charge is 0.456 e. The molecule has 0 bridgehead atoms. The van der Waals surface area contributed by atoms with Gasteiger partial charge in [0, 0.05) is 56.4 Å². The third-order valence-corrected chi connectivity index (χ3v) is 12.7. The van der Waals surface area contributed by atoms with E-state index in [-0.39, 0.29) is 5.41 Å². The Morgan fingerprint density at radius 3 is 1.45 bits per heavy atom. The number of hydrogen-bond donors (Lipinski definition) is 0. The number of nitrogens with zero attached hydrogens (tertiary/aromatic N) is 2. The summed E-state index contributed by atoms with van der Waals surface area (Å²) in [6, 6.07) is 64.7. The van der Waals surface area contributed by atoms with Crippen molar-refractivity contribution in [2.45, 2.75) is 69.1 Å². The van der Waals surface area contributed by atoms with Crippen LogP contribution in [0.2, 0.25) is 0 Å². The second-order valence-corrected chi connectivity index (χ2v) is 15.9. The monoisotopic (exact) mass is 728 g/mol. The average molecular weight is 729 g/mol. The fourth-order valence-electron chi connectivity index (χ4n) is 9.82. The van der Waals surface area contributed by atoms with E-state index < -0.39 is 0 Å². The minimum absolute atomic E-state index is 0.0129. The van der Waals surface area contributed by atoms with Crippen LogP contribution >= 0.6 is 0 Å². The normalized spacial score (nSPS) is 15.6. The molecule has 3 heteroatoms. The van der Waals surface area contributed by atoms with E-state index in [1.807, 2.05) is 12.1 Å². The molecule has 0 atom stereocenters. The Morgan fingerprint density at radius 1 is 0.393 bits per heavy atom. The van der Waals surface area contributed by atoms with Crippen molar-refractivity contribution >= 4 is 56.1 Å². The lowest BCUT2D eigenvalue weighted by Gasteiger charge is -2.33. The van der Waals surface area contributed by atoms with Crippen molar-refractivity contribution in [1.82, 2.24) is 0 Å². The number of benzene rings is 7. The van der Waals surface area contributed by atoms with Gasteiger partial charge in [-0.25, -0.2) is 0 Å². The van der Waals surface area contributed by atoms with Gasteiger partial charge in [-0.05, 0) is 127 Å². The van der Waals surface area contributed by atoms with Gasteiger partial charge in [-0.3, -0.25) is 0 Å². The first-order chi connectivity index (χ1) is 27.7. The minimum Gasteiger partial charge on any atom is -0.456 e. The van der Waals surface area contributed by atoms with Crippen molar-refractivity contribution < 1.29 is 4.42 Å². The maximum Gasteiger partial charge on any atom is 0.137 e. The lowest BCUT2D eigenvalue weighted by molar-refractivity contribution is 0.443. The third-order valence-electron chi connectivity index (χ3n) is 12.7. The molecule has 0 N–H and O–H groups in total. The van der Waals surface area contributed by atoms with E-state index in [0.717, 1.165) is 51.8 Å². The first-order valence-corrected chi connectivity index (χ1v) is 20.7. The second kappa shape index (κ2) is 14.9. The van der Waals surface area contributed by atoms with Crippen LogP contribution < -0.4 is 9.80 Å². The van der Waals surface area contributed by atoms with Crippen molar-refractivity contribution in [3.63, 3.8) is 0 Å². The molecule has 56 heavy (non-hydrogen) atoms. The quantitative estimate of drug-likeness (QED) is 0.148. The molecule has 0 saturated heterocycles. The van der Waals surface area contributed by atoms with Crippen LogP contribution in [0.3, 0.4) is 0 Å². The van der Waals surface area contributed by atoms with E-state index in [9.17, 15) is 0 Å². The smallest absolute Gasteiger partial charge is 0.137 e. The van der Waals surface area contributed by atoms with Gasteiger partial charge < -0.3 is 14.2 Å². The molecular formula is C53H48N2O. The minimum atomic E-state index is -0.0129. The van der Waals surface area contributed by atoms with Gasteiger partial charge in [0.25, 0.3) is 0 Å². The fourth-order valence-corrected chi connectivity index (χ4v) is 9.82. The Bertz CT molecular complexity index is 2540. The number of furan rings is 1. The molecule has 1 heterocycles. The molecule has 0 radical (unpaired) electrons.